The zero-order chi connectivity index (χ0) is 20.9. The molecule has 0 radical (unpaired) electrons. The number of rotatable bonds is 5. The highest BCUT2D eigenvalue weighted by Crippen LogP contribution is 2.22. The van der Waals surface area contributed by atoms with E-state index in [0.29, 0.717) is 22.5 Å². The molecule has 0 bridgehead atoms. The van der Waals surface area contributed by atoms with Gasteiger partial charge in [-0.2, -0.15) is 0 Å². The lowest BCUT2D eigenvalue weighted by Gasteiger charge is -2.11. The number of carbonyl (C=O) groups excluding carboxylic acids is 2. The van der Waals surface area contributed by atoms with Gasteiger partial charge in [-0.3, -0.25) is 9.78 Å². The molecule has 2 aromatic carbocycles. The molecular formula is C22H17N5O3. The van der Waals surface area contributed by atoms with Crippen molar-refractivity contribution in [2.45, 2.75) is 0 Å². The number of fused-ring (bicyclic) bond motifs is 1. The van der Waals surface area contributed by atoms with Gasteiger partial charge in [-0.05, 0) is 30.3 Å². The molecule has 0 saturated heterocycles. The Labute approximate surface area is 172 Å². The van der Waals surface area contributed by atoms with Crippen molar-refractivity contribution in [2.75, 3.05) is 17.7 Å². The molecule has 4 aromatic rings. The van der Waals surface area contributed by atoms with E-state index in [2.05, 4.69) is 25.6 Å². The number of aromatic nitrogens is 3. The second kappa shape index (κ2) is 8.36. The average Bonchev–Trinajstić information content (AvgIpc) is 2.79. The van der Waals surface area contributed by atoms with E-state index in [0.717, 1.165) is 5.39 Å². The Morgan fingerprint density at radius 2 is 1.67 bits per heavy atom. The van der Waals surface area contributed by atoms with Crippen LogP contribution in [0, 0.1) is 0 Å². The number of para-hydroxylation sites is 2. The lowest BCUT2D eigenvalue weighted by atomic mass is 10.2. The third-order valence-electron chi connectivity index (χ3n) is 4.35. The third-order valence-corrected chi connectivity index (χ3v) is 4.35. The molecule has 0 fully saturated rings. The molecule has 4 rings (SSSR count). The summed E-state index contributed by atoms with van der Waals surface area (Å²) in [4.78, 5) is 37.4. The number of methoxy groups -OCH3 is 1. The fourth-order valence-electron chi connectivity index (χ4n) is 2.94. The minimum absolute atomic E-state index is 0.163. The second-order valence-electron chi connectivity index (χ2n) is 6.26. The molecule has 0 atom stereocenters. The summed E-state index contributed by atoms with van der Waals surface area (Å²) < 4.78 is 4.79. The summed E-state index contributed by atoms with van der Waals surface area (Å²) in [5.41, 5.74) is 2.24. The molecule has 2 heterocycles. The fraction of sp³-hybridized carbons (Fsp3) is 0.0455. The molecule has 0 saturated carbocycles. The Morgan fingerprint density at radius 1 is 0.867 bits per heavy atom. The van der Waals surface area contributed by atoms with Crippen molar-refractivity contribution in [3.8, 4) is 0 Å². The van der Waals surface area contributed by atoms with Gasteiger partial charge in [0.15, 0.2) is 0 Å². The van der Waals surface area contributed by atoms with Gasteiger partial charge in [-0.15, -0.1) is 0 Å². The summed E-state index contributed by atoms with van der Waals surface area (Å²) >= 11 is 0. The van der Waals surface area contributed by atoms with Gasteiger partial charge in [0.25, 0.3) is 5.91 Å². The Bertz CT molecular complexity index is 1240. The highest BCUT2D eigenvalue weighted by molar-refractivity contribution is 6.07. The van der Waals surface area contributed by atoms with Crippen LogP contribution in [-0.4, -0.2) is 33.9 Å². The van der Waals surface area contributed by atoms with Gasteiger partial charge in [0, 0.05) is 17.8 Å². The van der Waals surface area contributed by atoms with Gasteiger partial charge in [-0.1, -0.05) is 30.3 Å². The van der Waals surface area contributed by atoms with Gasteiger partial charge < -0.3 is 15.4 Å². The van der Waals surface area contributed by atoms with E-state index >= 15 is 0 Å². The number of benzene rings is 2. The number of nitrogens with one attached hydrogen (secondary N) is 2. The van der Waals surface area contributed by atoms with Crippen LogP contribution in [0.4, 0.5) is 17.3 Å². The SMILES string of the molecule is COC(=O)c1ccccc1Nc1nccc(C(=O)Nc2cccc3cccnc23)n1. The van der Waals surface area contributed by atoms with Crippen LogP contribution in [0.15, 0.2) is 73.1 Å². The number of anilines is 3. The maximum absolute atomic E-state index is 12.8. The van der Waals surface area contributed by atoms with Crippen LogP contribution in [0.1, 0.15) is 20.8 Å². The van der Waals surface area contributed by atoms with Crippen LogP contribution in [0.25, 0.3) is 10.9 Å². The highest BCUT2D eigenvalue weighted by Gasteiger charge is 2.14. The first kappa shape index (κ1) is 19.0. The molecule has 1 amide bonds. The number of hydrogen-bond donors (Lipinski definition) is 2. The fourth-order valence-corrected chi connectivity index (χ4v) is 2.94. The van der Waals surface area contributed by atoms with Gasteiger partial charge in [-0.25, -0.2) is 14.8 Å². The van der Waals surface area contributed by atoms with Crippen molar-refractivity contribution in [1.29, 1.82) is 0 Å². The van der Waals surface area contributed by atoms with E-state index in [1.54, 1.807) is 36.5 Å². The van der Waals surface area contributed by atoms with E-state index in [1.807, 2.05) is 24.3 Å². The number of amides is 1. The van der Waals surface area contributed by atoms with Crippen molar-refractivity contribution >= 4 is 40.1 Å². The van der Waals surface area contributed by atoms with E-state index in [9.17, 15) is 9.59 Å². The molecule has 0 aliphatic rings. The first-order valence-corrected chi connectivity index (χ1v) is 9.08. The first-order chi connectivity index (χ1) is 14.7. The van der Waals surface area contributed by atoms with E-state index in [4.69, 9.17) is 4.74 Å². The summed E-state index contributed by atoms with van der Waals surface area (Å²) in [6, 6.07) is 17.6. The Balaban J connectivity index is 1.58. The molecule has 2 aromatic heterocycles. The predicted octanol–water partition coefficient (Wildman–Crippen LogP) is 3.81. The molecule has 8 heteroatoms. The maximum atomic E-state index is 12.8. The normalized spacial score (nSPS) is 10.4. The minimum Gasteiger partial charge on any atom is -0.465 e. The summed E-state index contributed by atoms with van der Waals surface area (Å²) in [5, 5.41) is 6.71. The largest absolute Gasteiger partial charge is 0.465 e. The Kier molecular flexibility index (Phi) is 5.29. The lowest BCUT2D eigenvalue weighted by molar-refractivity contribution is 0.0601. The number of nitrogens with zero attached hydrogens (tertiary/aromatic N) is 3. The Hall–Kier alpha value is -4.33. The monoisotopic (exact) mass is 399 g/mol. The number of ether oxygens (including phenoxy) is 1. The number of esters is 1. The summed E-state index contributed by atoms with van der Waals surface area (Å²) in [5.74, 6) is -0.717. The van der Waals surface area contributed by atoms with Crippen LogP contribution in [0.2, 0.25) is 0 Å². The molecule has 148 valence electrons. The van der Waals surface area contributed by atoms with E-state index in [1.165, 1.54) is 19.4 Å². The smallest absolute Gasteiger partial charge is 0.339 e. The first-order valence-electron chi connectivity index (χ1n) is 9.08. The molecule has 8 nitrogen and oxygen atoms in total. The van der Waals surface area contributed by atoms with Crippen molar-refractivity contribution in [1.82, 2.24) is 15.0 Å². The topological polar surface area (TPSA) is 106 Å². The number of pyridine rings is 1. The van der Waals surface area contributed by atoms with Gasteiger partial charge in [0.1, 0.15) is 5.69 Å². The summed E-state index contributed by atoms with van der Waals surface area (Å²) in [6.45, 7) is 0. The average molecular weight is 399 g/mol. The molecule has 0 aliphatic carbocycles. The van der Waals surface area contributed by atoms with Crippen LogP contribution in [0.5, 0.6) is 0 Å². The molecule has 0 spiro atoms. The molecule has 0 unspecified atom stereocenters. The molecule has 2 N–H and O–H groups in total. The quantitative estimate of drug-likeness (QED) is 0.492. The molecular weight excluding hydrogens is 382 g/mol. The van der Waals surface area contributed by atoms with Crippen LogP contribution < -0.4 is 10.6 Å². The summed E-state index contributed by atoms with van der Waals surface area (Å²) in [7, 11) is 1.31. The summed E-state index contributed by atoms with van der Waals surface area (Å²) in [6.07, 6.45) is 3.13. The zero-order valence-electron chi connectivity index (χ0n) is 16.0. The van der Waals surface area contributed by atoms with E-state index < -0.39 is 11.9 Å². The predicted molar refractivity (Wildman–Crippen MR) is 113 cm³/mol. The molecule has 0 aliphatic heterocycles. The van der Waals surface area contributed by atoms with Crippen LogP contribution >= 0.6 is 0 Å². The van der Waals surface area contributed by atoms with Gasteiger partial charge in [0.05, 0.1) is 29.6 Å². The van der Waals surface area contributed by atoms with Crippen molar-refractivity contribution in [3.63, 3.8) is 0 Å². The highest BCUT2D eigenvalue weighted by atomic mass is 16.5. The van der Waals surface area contributed by atoms with E-state index in [-0.39, 0.29) is 11.6 Å². The van der Waals surface area contributed by atoms with Crippen molar-refractivity contribution in [2.24, 2.45) is 0 Å². The Morgan fingerprint density at radius 3 is 2.53 bits per heavy atom. The van der Waals surface area contributed by atoms with Crippen molar-refractivity contribution < 1.29 is 14.3 Å². The van der Waals surface area contributed by atoms with Crippen molar-refractivity contribution in [3.05, 3.63) is 84.3 Å². The van der Waals surface area contributed by atoms with Gasteiger partial charge >= 0.3 is 5.97 Å². The van der Waals surface area contributed by atoms with Crippen LogP contribution in [-0.2, 0) is 4.74 Å². The minimum atomic E-state index is -0.490. The van der Waals surface area contributed by atoms with Gasteiger partial charge in [0.2, 0.25) is 5.95 Å². The number of carbonyl (C=O) groups is 2. The van der Waals surface area contributed by atoms with Crippen LogP contribution in [0.3, 0.4) is 0 Å². The second-order valence-corrected chi connectivity index (χ2v) is 6.26. The maximum Gasteiger partial charge on any atom is 0.339 e. The lowest BCUT2D eigenvalue weighted by Crippen LogP contribution is -2.15. The third kappa shape index (κ3) is 3.93. The zero-order valence-corrected chi connectivity index (χ0v) is 16.0. The standard InChI is InChI=1S/C22H17N5O3/c1-30-21(29)15-8-2-3-9-16(15)26-22-24-13-11-18(27-22)20(28)25-17-10-4-6-14-7-5-12-23-19(14)17/h2-13H,1H3,(H,25,28)(H,24,26,27). The molecule has 30 heavy (non-hydrogen) atoms. The number of hydrogen-bond acceptors (Lipinski definition) is 7.